The zero-order chi connectivity index (χ0) is 15.3. The maximum absolute atomic E-state index is 12.2. The highest BCUT2D eigenvalue weighted by Crippen LogP contribution is 2.23. The normalized spacial score (nSPS) is 11.6. The van der Waals surface area contributed by atoms with Crippen LogP contribution in [0.2, 0.25) is 5.02 Å². The number of ether oxygens (including phenoxy) is 1. The Morgan fingerprint density at radius 2 is 2.05 bits per heavy atom. The van der Waals surface area contributed by atoms with Crippen molar-refractivity contribution in [1.82, 2.24) is 10.2 Å². The Bertz CT molecular complexity index is 473. The van der Waals surface area contributed by atoms with E-state index in [4.69, 9.17) is 16.3 Å². The van der Waals surface area contributed by atoms with Crippen LogP contribution in [0.4, 0.5) is 0 Å². The number of rotatable bonds is 6. The Morgan fingerprint density at radius 3 is 2.60 bits per heavy atom. The minimum Gasteiger partial charge on any atom is -0.496 e. The third-order valence-electron chi connectivity index (χ3n) is 2.88. The zero-order valence-electron chi connectivity index (χ0n) is 12.8. The first-order valence-electron chi connectivity index (χ1n) is 6.51. The van der Waals surface area contributed by atoms with Crippen LogP contribution in [0.3, 0.4) is 0 Å². The lowest BCUT2D eigenvalue weighted by atomic mass is 9.93. The van der Waals surface area contributed by atoms with Crippen LogP contribution < -0.4 is 10.1 Å². The Hall–Kier alpha value is -1.26. The Morgan fingerprint density at radius 1 is 1.40 bits per heavy atom. The summed E-state index contributed by atoms with van der Waals surface area (Å²) in [5.74, 6) is 0.355. The Balaban J connectivity index is 2.74. The molecule has 0 spiro atoms. The van der Waals surface area contributed by atoms with Crippen molar-refractivity contribution in [2.45, 2.75) is 13.8 Å². The first-order valence-corrected chi connectivity index (χ1v) is 6.89. The van der Waals surface area contributed by atoms with E-state index in [1.165, 1.54) is 7.11 Å². The number of hydrogen-bond donors (Lipinski definition) is 1. The largest absolute Gasteiger partial charge is 0.496 e. The Labute approximate surface area is 126 Å². The molecule has 4 nitrogen and oxygen atoms in total. The second-order valence-corrected chi connectivity index (χ2v) is 6.37. The van der Waals surface area contributed by atoms with Gasteiger partial charge < -0.3 is 15.0 Å². The summed E-state index contributed by atoms with van der Waals surface area (Å²) in [6.45, 7) is 5.70. The highest BCUT2D eigenvalue weighted by molar-refractivity contribution is 6.31. The van der Waals surface area contributed by atoms with Gasteiger partial charge in [0.05, 0.1) is 12.7 Å². The second kappa shape index (κ2) is 6.95. The van der Waals surface area contributed by atoms with Crippen molar-refractivity contribution in [2.75, 3.05) is 34.3 Å². The van der Waals surface area contributed by atoms with Gasteiger partial charge in [-0.2, -0.15) is 0 Å². The molecule has 0 heterocycles. The lowest BCUT2D eigenvalue weighted by Crippen LogP contribution is -2.40. The summed E-state index contributed by atoms with van der Waals surface area (Å²) in [5.41, 5.74) is 0.450. The topological polar surface area (TPSA) is 41.6 Å². The molecule has 112 valence electrons. The number of nitrogens with zero attached hydrogens (tertiary/aromatic N) is 1. The summed E-state index contributed by atoms with van der Waals surface area (Å²) >= 11 is 5.93. The van der Waals surface area contributed by atoms with E-state index in [1.807, 2.05) is 14.1 Å². The molecule has 0 unspecified atom stereocenters. The zero-order valence-corrected chi connectivity index (χ0v) is 13.5. The fourth-order valence-corrected chi connectivity index (χ4v) is 2.36. The van der Waals surface area contributed by atoms with Gasteiger partial charge in [-0.1, -0.05) is 25.4 Å². The summed E-state index contributed by atoms with van der Waals surface area (Å²) < 4.78 is 5.19. The molecule has 0 saturated heterocycles. The van der Waals surface area contributed by atoms with Gasteiger partial charge in [0.1, 0.15) is 5.75 Å². The van der Waals surface area contributed by atoms with Gasteiger partial charge in [0.25, 0.3) is 5.91 Å². The molecule has 0 saturated carbocycles. The third kappa shape index (κ3) is 5.02. The van der Waals surface area contributed by atoms with E-state index >= 15 is 0 Å². The van der Waals surface area contributed by atoms with Crippen LogP contribution in [0.5, 0.6) is 5.75 Å². The molecule has 0 bridgehead atoms. The summed E-state index contributed by atoms with van der Waals surface area (Å²) in [6.07, 6.45) is 0. The van der Waals surface area contributed by atoms with E-state index in [1.54, 1.807) is 18.2 Å². The van der Waals surface area contributed by atoms with Gasteiger partial charge in [-0.3, -0.25) is 4.79 Å². The molecule has 0 radical (unpaired) electrons. The number of benzene rings is 1. The van der Waals surface area contributed by atoms with Gasteiger partial charge in [0.2, 0.25) is 0 Å². The van der Waals surface area contributed by atoms with Crippen molar-refractivity contribution in [3.05, 3.63) is 28.8 Å². The first kappa shape index (κ1) is 16.8. The van der Waals surface area contributed by atoms with E-state index in [9.17, 15) is 4.79 Å². The van der Waals surface area contributed by atoms with Crippen molar-refractivity contribution in [1.29, 1.82) is 0 Å². The van der Waals surface area contributed by atoms with Crippen LogP contribution in [0, 0.1) is 5.41 Å². The SMILES string of the molecule is COc1ccc(Cl)cc1C(=O)NCC(C)(C)CN(C)C. The molecule has 1 rings (SSSR count). The maximum Gasteiger partial charge on any atom is 0.255 e. The summed E-state index contributed by atoms with van der Waals surface area (Å²) in [7, 11) is 5.57. The summed E-state index contributed by atoms with van der Waals surface area (Å²) in [6, 6.07) is 5.02. The smallest absolute Gasteiger partial charge is 0.255 e. The van der Waals surface area contributed by atoms with E-state index in [2.05, 4.69) is 24.1 Å². The molecule has 0 aromatic heterocycles. The third-order valence-corrected chi connectivity index (χ3v) is 3.11. The predicted octanol–water partition coefficient (Wildman–Crippen LogP) is 2.67. The predicted molar refractivity (Wildman–Crippen MR) is 82.7 cm³/mol. The van der Waals surface area contributed by atoms with Crippen LogP contribution in [0.15, 0.2) is 18.2 Å². The molecule has 0 aliphatic rings. The second-order valence-electron chi connectivity index (χ2n) is 5.93. The van der Waals surface area contributed by atoms with Crippen molar-refractivity contribution < 1.29 is 9.53 Å². The average molecular weight is 299 g/mol. The highest BCUT2D eigenvalue weighted by atomic mass is 35.5. The van der Waals surface area contributed by atoms with E-state index in [0.29, 0.717) is 22.9 Å². The number of amides is 1. The number of carbonyl (C=O) groups is 1. The molecule has 1 aromatic carbocycles. The van der Waals surface area contributed by atoms with Gasteiger partial charge in [-0.05, 0) is 37.7 Å². The van der Waals surface area contributed by atoms with Crippen molar-refractivity contribution in [3.8, 4) is 5.75 Å². The summed E-state index contributed by atoms with van der Waals surface area (Å²) in [4.78, 5) is 14.3. The molecule has 0 fully saturated rings. The van der Waals surface area contributed by atoms with Crippen LogP contribution in [0.25, 0.3) is 0 Å². The van der Waals surface area contributed by atoms with Crippen molar-refractivity contribution in [2.24, 2.45) is 5.41 Å². The number of hydrogen-bond acceptors (Lipinski definition) is 3. The van der Waals surface area contributed by atoms with Crippen LogP contribution in [-0.4, -0.2) is 45.1 Å². The standard InChI is InChI=1S/C15H23ClN2O2/c1-15(2,10-18(3)4)9-17-14(19)12-8-11(16)6-7-13(12)20-5/h6-8H,9-10H2,1-5H3,(H,17,19). The lowest BCUT2D eigenvalue weighted by molar-refractivity contribution is 0.0926. The lowest BCUT2D eigenvalue weighted by Gasteiger charge is -2.28. The molecule has 1 amide bonds. The molecule has 0 atom stereocenters. The van der Waals surface area contributed by atoms with Gasteiger partial charge >= 0.3 is 0 Å². The molecule has 0 aliphatic carbocycles. The molecule has 1 aromatic rings. The number of nitrogens with one attached hydrogen (secondary N) is 1. The fourth-order valence-electron chi connectivity index (χ4n) is 2.18. The molecule has 5 heteroatoms. The quantitative estimate of drug-likeness (QED) is 0.878. The summed E-state index contributed by atoms with van der Waals surface area (Å²) in [5, 5.41) is 3.46. The van der Waals surface area contributed by atoms with Crippen LogP contribution in [0.1, 0.15) is 24.2 Å². The average Bonchev–Trinajstić information content (AvgIpc) is 2.34. The number of methoxy groups -OCH3 is 1. The minimum atomic E-state index is -0.170. The highest BCUT2D eigenvalue weighted by Gasteiger charge is 2.21. The van der Waals surface area contributed by atoms with Crippen molar-refractivity contribution >= 4 is 17.5 Å². The maximum atomic E-state index is 12.2. The van der Waals surface area contributed by atoms with E-state index in [0.717, 1.165) is 6.54 Å². The molecular formula is C15H23ClN2O2. The molecular weight excluding hydrogens is 276 g/mol. The van der Waals surface area contributed by atoms with Crippen LogP contribution >= 0.6 is 11.6 Å². The first-order chi connectivity index (χ1) is 9.25. The number of carbonyl (C=O) groups excluding carboxylic acids is 1. The van der Waals surface area contributed by atoms with E-state index < -0.39 is 0 Å². The number of halogens is 1. The monoisotopic (exact) mass is 298 g/mol. The Kier molecular flexibility index (Phi) is 5.84. The molecule has 0 aliphatic heterocycles. The van der Waals surface area contributed by atoms with Gasteiger partial charge in [-0.15, -0.1) is 0 Å². The molecule has 20 heavy (non-hydrogen) atoms. The van der Waals surface area contributed by atoms with Gasteiger partial charge in [0, 0.05) is 18.1 Å². The van der Waals surface area contributed by atoms with E-state index in [-0.39, 0.29) is 11.3 Å². The van der Waals surface area contributed by atoms with Crippen molar-refractivity contribution in [3.63, 3.8) is 0 Å². The molecule has 1 N–H and O–H groups in total. The fraction of sp³-hybridized carbons (Fsp3) is 0.533. The van der Waals surface area contributed by atoms with Crippen LogP contribution in [-0.2, 0) is 0 Å². The van der Waals surface area contributed by atoms with Gasteiger partial charge in [0.15, 0.2) is 0 Å². The van der Waals surface area contributed by atoms with Gasteiger partial charge in [-0.25, -0.2) is 0 Å². The minimum absolute atomic E-state index is 0.00896.